The van der Waals surface area contributed by atoms with Crippen molar-refractivity contribution in [3.63, 3.8) is 0 Å². The topological polar surface area (TPSA) is 44.4 Å². The molecule has 0 rings (SSSR count). The molecule has 0 spiro atoms. The van der Waals surface area contributed by atoms with Crippen LogP contribution in [0.5, 0.6) is 0 Å². The van der Waals surface area contributed by atoms with Crippen molar-refractivity contribution in [2.75, 3.05) is 33.2 Å². The summed E-state index contributed by atoms with van der Waals surface area (Å²) >= 11 is 0. The molecule has 0 aliphatic carbocycles. The predicted octanol–water partition coefficient (Wildman–Crippen LogP) is 1.22. The smallest absolute Gasteiger partial charge is 0.233 e. The summed E-state index contributed by atoms with van der Waals surface area (Å²) in [6.45, 7) is 9.73. The Morgan fingerprint density at radius 1 is 1.24 bits per heavy atom. The van der Waals surface area contributed by atoms with Crippen LogP contribution in [-0.2, 0) is 4.79 Å². The van der Waals surface area contributed by atoms with E-state index in [0.29, 0.717) is 12.6 Å². The van der Waals surface area contributed by atoms with Gasteiger partial charge in [0.15, 0.2) is 0 Å². The Morgan fingerprint density at radius 3 is 2.53 bits per heavy atom. The summed E-state index contributed by atoms with van der Waals surface area (Å²) in [6.07, 6.45) is 3.25. The molecule has 0 saturated heterocycles. The van der Waals surface area contributed by atoms with E-state index in [2.05, 4.69) is 43.4 Å². The zero-order chi connectivity index (χ0) is 13.1. The number of nitrogens with one attached hydrogen (secondary N) is 2. The molecule has 0 aliphatic heterocycles. The lowest BCUT2D eigenvalue weighted by molar-refractivity contribution is -0.120. The molecular weight excluding hydrogens is 214 g/mol. The van der Waals surface area contributed by atoms with Crippen molar-refractivity contribution < 1.29 is 4.79 Å². The number of amides is 1. The van der Waals surface area contributed by atoms with Crippen LogP contribution in [0.25, 0.3) is 0 Å². The molecule has 0 aromatic rings. The summed E-state index contributed by atoms with van der Waals surface area (Å²) in [5.41, 5.74) is 0. The molecule has 0 atom stereocenters. The first kappa shape index (κ1) is 16.4. The van der Waals surface area contributed by atoms with E-state index in [0.717, 1.165) is 38.9 Å². The molecule has 2 N–H and O–H groups in total. The maximum Gasteiger partial charge on any atom is 0.233 e. The molecule has 0 aromatic heterocycles. The fraction of sp³-hybridized carbons (Fsp3) is 0.923. The molecule has 4 nitrogen and oxygen atoms in total. The van der Waals surface area contributed by atoms with Gasteiger partial charge in [-0.3, -0.25) is 4.79 Å². The third-order valence-corrected chi connectivity index (χ3v) is 2.85. The van der Waals surface area contributed by atoms with E-state index >= 15 is 0 Å². The Morgan fingerprint density at radius 2 is 1.94 bits per heavy atom. The molecule has 0 saturated carbocycles. The normalized spacial score (nSPS) is 11.2. The average Bonchev–Trinajstić information content (AvgIpc) is 2.28. The lowest BCUT2D eigenvalue weighted by Gasteiger charge is -2.20. The van der Waals surface area contributed by atoms with Crippen LogP contribution >= 0.6 is 0 Å². The standard InChI is InChI=1S/C13H29N3O/c1-5-8-14-11-13(17)15-9-6-7-10-16(4)12(2)3/h12,14H,5-11H2,1-4H3,(H,15,17). The first-order valence-corrected chi connectivity index (χ1v) is 6.75. The maximum atomic E-state index is 11.3. The second-order valence-electron chi connectivity index (χ2n) is 4.81. The Labute approximate surface area is 106 Å². The van der Waals surface area contributed by atoms with Crippen molar-refractivity contribution in [1.29, 1.82) is 0 Å². The van der Waals surface area contributed by atoms with Gasteiger partial charge in [-0.15, -0.1) is 0 Å². The van der Waals surface area contributed by atoms with Crippen LogP contribution in [0, 0.1) is 0 Å². The van der Waals surface area contributed by atoms with E-state index in [9.17, 15) is 4.79 Å². The average molecular weight is 243 g/mol. The monoisotopic (exact) mass is 243 g/mol. The number of unbranched alkanes of at least 4 members (excludes halogenated alkanes) is 1. The SMILES string of the molecule is CCCNCC(=O)NCCCCN(C)C(C)C. The third kappa shape index (κ3) is 10.3. The van der Waals surface area contributed by atoms with Crippen LogP contribution in [0.4, 0.5) is 0 Å². The van der Waals surface area contributed by atoms with Gasteiger partial charge in [0, 0.05) is 12.6 Å². The Bertz CT molecular complexity index is 195. The van der Waals surface area contributed by atoms with E-state index < -0.39 is 0 Å². The zero-order valence-electron chi connectivity index (χ0n) is 11.9. The lowest BCUT2D eigenvalue weighted by Crippen LogP contribution is -2.35. The van der Waals surface area contributed by atoms with Gasteiger partial charge >= 0.3 is 0 Å². The van der Waals surface area contributed by atoms with Gasteiger partial charge < -0.3 is 15.5 Å². The van der Waals surface area contributed by atoms with Gasteiger partial charge in [0.1, 0.15) is 0 Å². The molecule has 4 heteroatoms. The van der Waals surface area contributed by atoms with Gasteiger partial charge in [-0.05, 0) is 53.2 Å². The molecule has 0 fully saturated rings. The summed E-state index contributed by atoms with van der Waals surface area (Å²) in [7, 11) is 2.14. The van der Waals surface area contributed by atoms with Crippen LogP contribution in [0.15, 0.2) is 0 Å². The zero-order valence-corrected chi connectivity index (χ0v) is 11.9. The predicted molar refractivity (Wildman–Crippen MR) is 73.2 cm³/mol. The highest BCUT2D eigenvalue weighted by atomic mass is 16.1. The van der Waals surface area contributed by atoms with Crippen LogP contribution in [-0.4, -0.2) is 50.1 Å². The Kier molecular flexibility index (Phi) is 10.2. The van der Waals surface area contributed by atoms with Crippen LogP contribution < -0.4 is 10.6 Å². The minimum absolute atomic E-state index is 0.107. The number of carbonyl (C=O) groups excluding carboxylic acids is 1. The van der Waals surface area contributed by atoms with Gasteiger partial charge in [0.05, 0.1) is 6.54 Å². The van der Waals surface area contributed by atoms with Gasteiger partial charge in [0.25, 0.3) is 0 Å². The van der Waals surface area contributed by atoms with Crippen molar-refractivity contribution in [2.45, 2.75) is 46.1 Å². The second-order valence-corrected chi connectivity index (χ2v) is 4.81. The van der Waals surface area contributed by atoms with Gasteiger partial charge in [-0.2, -0.15) is 0 Å². The second kappa shape index (κ2) is 10.5. The third-order valence-electron chi connectivity index (χ3n) is 2.85. The van der Waals surface area contributed by atoms with Crippen molar-refractivity contribution in [2.24, 2.45) is 0 Å². The Hall–Kier alpha value is -0.610. The van der Waals surface area contributed by atoms with Crippen molar-refractivity contribution in [3.8, 4) is 0 Å². The first-order chi connectivity index (χ1) is 8.07. The molecule has 1 amide bonds. The molecule has 0 aliphatic rings. The molecule has 0 radical (unpaired) electrons. The van der Waals surface area contributed by atoms with E-state index in [1.165, 1.54) is 0 Å². The number of rotatable bonds is 10. The number of hydrogen-bond donors (Lipinski definition) is 2. The molecule has 0 unspecified atom stereocenters. The minimum Gasteiger partial charge on any atom is -0.355 e. The van der Waals surface area contributed by atoms with Crippen LogP contribution in [0.3, 0.4) is 0 Å². The molecule has 0 bridgehead atoms. The van der Waals surface area contributed by atoms with E-state index in [4.69, 9.17) is 0 Å². The molecule has 17 heavy (non-hydrogen) atoms. The van der Waals surface area contributed by atoms with Gasteiger partial charge in [0.2, 0.25) is 5.91 Å². The summed E-state index contributed by atoms with van der Waals surface area (Å²) < 4.78 is 0. The van der Waals surface area contributed by atoms with Crippen LogP contribution in [0.1, 0.15) is 40.0 Å². The largest absolute Gasteiger partial charge is 0.355 e. The summed E-state index contributed by atoms with van der Waals surface area (Å²) in [6, 6.07) is 0.600. The maximum absolute atomic E-state index is 11.3. The Balaban J connectivity index is 3.30. The van der Waals surface area contributed by atoms with Crippen molar-refractivity contribution >= 4 is 5.91 Å². The summed E-state index contributed by atoms with van der Waals surface area (Å²) in [4.78, 5) is 13.7. The van der Waals surface area contributed by atoms with Gasteiger partial charge in [-0.25, -0.2) is 0 Å². The first-order valence-electron chi connectivity index (χ1n) is 6.75. The number of carbonyl (C=O) groups is 1. The van der Waals surface area contributed by atoms with Crippen molar-refractivity contribution in [3.05, 3.63) is 0 Å². The highest BCUT2D eigenvalue weighted by Crippen LogP contribution is 1.97. The molecule has 102 valence electrons. The molecule has 0 heterocycles. The fourth-order valence-electron chi connectivity index (χ4n) is 1.41. The molecule has 0 aromatic carbocycles. The van der Waals surface area contributed by atoms with E-state index in [1.54, 1.807) is 0 Å². The van der Waals surface area contributed by atoms with E-state index in [1.807, 2.05) is 0 Å². The highest BCUT2D eigenvalue weighted by molar-refractivity contribution is 5.77. The fourth-order valence-corrected chi connectivity index (χ4v) is 1.41. The van der Waals surface area contributed by atoms with Gasteiger partial charge in [-0.1, -0.05) is 6.92 Å². The lowest BCUT2D eigenvalue weighted by atomic mass is 10.2. The number of nitrogens with zero attached hydrogens (tertiary/aromatic N) is 1. The highest BCUT2D eigenvalue weighted by Gasteiger charge is 2.02. The number of hydrogen-bond acceptors (Lipinski definition) is 3. The summed E-state index contributed by atoms with van der Waals surface area (Å²) in [5, 5.41) is 6.01. The van der Waals surface area contributed by atoms with E-state index in [-0.39, 0.29) is 5.91 Å². The minimum atomic E-state index is 0.107. The quantitative estimate of drug-likeness (QED) is 0.567. The van der Waals surface area contributed by atoms with Crippen molar-refractivity contribution in [1.82, 2.24) is 15.5 Å². The van der Waals surface area contributed by atoms with Crippen LogP contribution in [0.2, 0.25) is 0 Å². The molecular formula is C13H29N3O. The summed E-state index contributed by atoms with van der Waals surface area (Å²) in [5.74, 6) is 0.107.